The van der Waals surface area contributed by atoms with Crippen LogP contribution in [0.5, 0.6) is 0 Å². The molecule has 0 heterocycles. The van der Waals surface area contributed by atoms with E-state index < -0.39 is 0 Å². The van der Waals surface area contributed by atoms with Crippen LogP contribution in [-0.4, -0.2) is 19.1 Å². The van der Waals surface area contributed by atoms with Gasteiger partial charge in [-0.1, -0.05) is 20.8 Å². The Kier molecular flexibility index (Phi) is 4.45. The van der Waals surface area contributed by atoms with Crippen molar-refractivity contribution in [3.05, 3.63) is 23.8 Å². The molecule has 3 N–H and O–H groups in total. The average molecular weight is 290 g/mol. The number of esters is 1. The van der Waals surface area contributed by atoms with E-state index in [1.165, 1.54) is 13.5 Å². The van der Waals surface area contributed by atoms with Crippen LogP contribution in [0.4, 0.5) is 11.4 Å². The number of methoxy groups -OCH3 is 1. The van der Waals surface area contributed by atoms with E-state index in [0.29, 0.717) is 28.6 Å². The Morgan fingerprint density at radius 2 is 2.10 bits per heavy atom. The molecule has 0 amide bonds. The van der Waals surface area contributed by atoms with E-state index in [1.807, 2.05) is 6.07 Å². The van der Waals surface area contributed by atoms with Gasteiger partial charge >= 0.3 is 5.97 Å². The third-order valence-corrected chi connectivity index (χ3v) is 4.22. The van der Waals surface area contributed by atoms with Crippen molar-refractivity contribution in [1.82, 2.24) is 0 Å². The van der Waals surface area contributed by atoms with Gasteiger partial charge in [0, 0.05) is 6.04 Å². The number of hydrogen-bond donors (Lipinski definition) is 2. The molecule has 2 rings (SSSR count). The lowest BCUT2D eigenvalue weighted by Gasteiger charge is -2.39. The van der Waals surface area contributed by atoms with E-state index in [9.17, 15) is 4.79 Å². The molecular formula is C17H26N2O2. The zero-order chi connectivity index (χ0) is 15.6. The van der Waals surface area contributed by atoms with E-state index in [4.69, 9.17) is 10.5 Å². The van der Waals surface area contributed by atoms with Crippen molar-refractivity contribution in [3.63, 3.8) is 0 Å². The SMILES string of the molecule is COC(=O)c1ccc(NC2C[C@@H](C)CC(C)(C)C2)c(N)c1. The van der Waals surface area contributed by atoms with Crippen LogP contribution in [0.15, 0.2) is 18.2 Å². The first-order chi connectivity index (χ1) is 9.80. The van der Waals surface area contributed by atoms with Crippen LogP contribution in [0.1, 0.15) is 50.4 Å². The topological polar surface area (TPSA) is 64.3 Å². The zero-order valence-corrected chi connectivity index (χ0v) is 13.4. The highest BCUT2D eigenvalue weighted by molar-refractivity contribution is 5.91. The average Bonchev–Trinajstić information content (AvgIpc) is 2.37. The smallest absolute Gasteiger partial charge is 0.337 e. The van der Waals surface area contributed by atoms with Crippen LogP contribution in [0.3, 0.4) is 0 Å². The van der Waals surface area contributed by atoms with Crippen molar-refractivity contribution in [1.29, 1.82) is 0 Å². The fourth-order valence-corrected chi connectivity index (χ4v) is 3.61. The van der Waals surface area contributed by atoms with Crippen molar-refractivity contribution >= 4 is 17.3 Å². The van der Waals surface area contributed by atoms with Crippen molar-refractivity contribution in [3.8, 4) is 0 Å². The molecule has 0 spiro atoms. The van der Waals surface area contributed by atoms with Gasteiger partial charge in [-0.05, 0) is 48.8 Å². The van der Waals surface area contributed by atoms with Crippen molar-refractivity contribution < 1.29 is 9.53 Å². The molecule has 1 fully saturated rings. The second-order valence-electron chi connectivity index (χ2n) is 7.05. The second kappa shape index (κ2) is 5.96. The lowest BCUT2D eigenvalue weighted by atomic mass is 9.70. The second-order valence-corrected chi connectivity index (χ2v) is 7.05. The van der Waals surface area contributed by atoms with Crippen molar-refractivity contribution in [2.24, 2.45) is 11.3 Å². The van der Waals surface area contributed by atoms with Crippen LogP contribution in [0.2, 0.25) is 0 Å². The molecular weight excluding hydrogens is 264 g/mol. The predicted octanol–water partition coefficient (Wildman–Crippen LogP) is 3.68. The van der Waals surface area contributed by atoms with E-state index >= 15 is 0 Å². The maximum absolute atomic E-state index is 11.5. The van der Waals surface area contributed by atoms with Gasteiger partial charge in [0.25, 0.3) is 0 Å². The van der Waals surface area contributed by atoms with Gasteiger partial charge in [-0.3, -0.25) is 0 Å². The van der Waals surface area contributed by atoms with Crippen molar-refractivity contribution in [2.75, 3.05) is 18.2 Å². The highest BCUT2D eigenvalue weighted by Crippen LogP contribution is 2.40. The third kappa shape index (κ3) is 3.90. The molecule has 4 nitrogen and oxygen atoms in total. The lowest BCUT2D eigenvalue weighted by Crippen LogP contribution is -2.35. The number of anilines is 2. The number of rotatable bonds is 3. The minimum absolute atomic E-state index is 0.357. The molecule has 4 heteroatoms. The molecule has 1 saturated carbocycles. The molecule has 116 valence electrons. The first-order valence-corrected chi connectivity index (χ1v) is 7.55. The van der Waals surface area contributed by atoms with Crippen LogP contribution in [-0.2, 0) is 4.74 Å². The summed E-state index contributed by atoms with van der Waals surface area (Å²) in [6.45, 7) is 6.95. The standard InChI is InChI=1S/C17H26N2O2/c1-11-7-13(10-17(2,3)9-11)19-15-6-5-12(8-14(15)18)16(20)21-4/h5-6,8,11,13,19H,7,9-10,18H2,1-4H3/t11-,13?/m1/s1. The van der Waals surface area contributed by atoms with E-state index in [1.54, 1.807) is 12.1 Å². The molecule has 1 unspecified atom stereocenters. The lowest BCUT2D eigenvalue weighted by molar-refractivity contribution is 0.0601. The van der Waals surface area contributed by atoms with Gasteiger partial charge in [0.2, 0.25) is 0 Å². The summed E-state index contributed by atoms with van der Waals surface area (Å²) in [7, 11) is 1.37. The van der Waals surface area contributed by atoms with E-state index in [0.717, 1.165) is 18.5 Å². The van der Waals surface area contributed by atoms with Gasteiger partial charge < -0.3 is 15.8 Å². The normalized spacial score (nSPS) is 24.4. The van der Waals surface area contributed by atoms with Gasteiger partial charge in [0.05, 0.1) is 24.0 Å². The molecule has 21 heavy (non-hydrogen) atoms. The largest absolute Gasteiger partial charge is 0.465 e. The summed E-state index contributed by atoms with van der Waals surface area (Å²) >= 11 is 0. The summed E-state index contributed by atoms with van der Waals surface area (Å²) in [4.78, 5) is 11.5. The van der Waals surface area contributed by atoms with Crippen LogP contribution in [0.25, 0.3) is 0 Å². The molecule has 0 radical (unpaired) electrons. The molecule has 0 bridgehead atoms. The quantitative estimate of drug-likeness (QED) is 0.658. The molecule has 0 aromatic heterocycles. The zero-order valence-electron chi connectivity index (χ0n) is 13.4. The van der Waals surface area contributed by atoms with Gasteiger partial charge in [-0.15, -0.1) is 0 Å². The number of nitrogens with one attached hydrogen (secondary N) is 1. The number of carbonyl (C=O) groups is 1. The monoisotopic (exact) mass is 290 g/mol. The summed E-state index contributed by atoms with van der Waals surface area (Å²) in [5, 5.41) is 3.54. The fraction of sp³-hybridized carbons (Fsp3) is 0.588. The minimum Gasteiger partial charge on any atom is -0.465 e. The Morgan fingerprint density at radius 1 is 1.38 bits per heavy atom. The van der Waals surface area contributed by atoms with Crippen molar-refractivity contribution in [2.45, 2.75) is 46.1 Å². The Balaban J connectivity index is 2.11. The Bertz CT molecular complexity index is 526. The van der Waals surface area contributed by atoms with Gasteiger partial charge in [-0.25, -0.2) is 4.79 Å². The Labute approximate surface area is 127 Å². The maximum Gasteiger partial charge on any atom is 0.337 e. The minimum atomic E-state index is -0.360. The molecule has 1 aliphatic rings. The molecule has 1 aromatic carbocycles. The summed E-state index contributed by atoms with van der Waals surface area (Å²) < 4.78 is 4.71. The number of ether oxygens (including phenoxy) is 1. The van der Waals surface area contributed by atoms with Crippen LogP contribution < -0.4 is 11.1 Å². The summed E-state index contributed by atoms with van der Waals surface area (Å²) in [5.74, 6) is 0.350. The molecule has 2 atom stereocenters. The summed E-state index contributed by atoms with van der Waals surface area (Å²) in [5.41, 5.74) is 8.40. The number of hydrogen-bond acceptors (Lipinski definition) is 4. The van der Waals surface area contributed by atoms with Crippen LogP contribution >= 0.6 is 0 Å². The van der Waals surface area contributed by atoms with Gasteiger partial charge in [-0.2, -0.15) is 0 Å². The van der Waals surface area contributed by atoms with Gasteiger partial charge in [0.15, 0.2) is 0 Å². The Morgan fingerprint density at radius 3 is 2.67 bits per heavy atom. The number of nitrogen functional groups attached to an aromatic ring is 1. The molecule has 1 aromatic rings. The Hall–Kier alpha value is -1.71. The first-order valence-electron chi connectivity index (χ1n) is 7.55. The van der Waals surface area contributed by atoms with E-state index in [2.05, 4.69) is 26.1 Å². The third-order valence-electron chi connectivity index (χ3n) is 4.22. The van der Waals surface area contributed by atoms with Gasteiger partial charge in [0.1, 0.15) is 0 Å². The molecule has 0 saturated heterocycles. The predicted molar refractivity (Wildman–Crippen MR) is 86.4 cm³/mol. The first kappa shape index (κ1) is 15.7. The highest BCUT2D eigenvalue weighted by atomic mass is 16.5. The summed E-state index contributed by atoms with van der Waals surface area (Å²) in [6.07, 6.45) is 3.55. The van der Waals surface area contributed by atoms with E-state index in [-0.39, 0.29) is 5.97 Å². The maximum atomic E-state index is 11.5. The molecule has 0 aliphatic heterocycles. The molecule has 1 aliphatic carbocycles. The van der Waals surface area contributed by atoms with Crippen LogP contribution in [0, 0.1) is 11.3 Å². The fourth-order valence-electron chi connectivity index (χ4n) is 3.61. The highest BCUT2D eigenvalue weighted by Gasteiger charge is 2.32. The number of nitrogens with two attached hydrogens (primary N) is 1. The summed E-state index contributed by atoms with van der Waals surface area (Å²) in [6, 6.07) is 5.72. The number of benzene rings is 1. The number of carbonyl (C=O) groups excluding carboxylic acids is 1.